The number of carbonyl (C=O) groups excluding carboxylic acids is 2. The van der Waals surface area contributed by atoms with Gasteiger partial charge in [-0.3, -0.25) is 19.4 Å². The number of sulfone groups is 1. The molecule has 0 aliphatic heterocycles. The largest absolute Gasteiger partial charge is 0.494 e. The molecule has 0 bridgehead atoms. The minimum Gasteiger partial charge on any atom is -0.494 e. The number of hydrogen-bond acceptors (Lipinski definition) is 8. The lowest BCUT2D eigenvalue weighted by Crippen LogP contribution is -2.35. The van der Waals surface area contributed by atoms with Crippen molar-refractivity contribution in [3.05, 3.63) is 72.4 Å². The lowest BCUT2D eigenvalue weighted by atomic mass is 10.2. The van der Waals surface area contributed by atoms with Gasteiger partial charge in [-0.25, -0.2) is 27.6 Å². The first-order valence-corrected chi connectivity index (χ1v) is 12.8. The van der Waals surface area contributed by atoms with Gasteiger partial charge >= 0.3 is 6.09 Å². The fraction of sp³-hybridized carbons (Fsp3) is 0.167. The van der Waals surface area contributed by atoms with Crippen molar-refractivity contribution in [3.8, 4) is 17.0 Å². The van der Waals surface area contributed by atoms with Crippen LogP contribution >= 0.6 is 0 Å². The highest BCUT2D eigenvalue weighted by Gasteiger charge is 2.24. The number of ether oxygens (including phenoxy) is 2. The molecule has 192 valence electrons. The molecule has 3 heterocycles. The van der Waals surface area contributed by atoms with Crippen LogP contribution in [-0.2, 0) is 14.6 Å². The number of benzene rings is 1. The fourth-order valence-electron chi connectivity index (χ4n) is 3.55. The predicted octanol–water partition coefficient (Wildman–Crippen LogP) is 3.37. The Morgan fingerprint density at radius 3 is 2.51 bits per heavy atom. The Bertz CT molecular complexity index is 1590. The highest BCUT2D eigenvalue weighted by molar-refractivity contribution is 7.90. The van der Waals surface area contributed by atoms with Crippen LogP contribution in [0.15, 0.2) is 61.1 Å². The molecule has 13 heteroatoms. The first-order valence-electron chi connectivity index (χ1n) is 10.7. The number of methoxy groups -OCH3 is 2. The highest BCUT2D eigenvalue weighted by Crippen LogP contribution is 2.27. The lowest BCUT2D eigenvalue weighted by molar-refractivity contribution is 0.0990. The number of rotatable bonds is 7. The molecule has 0 unspecified atom stereocenters. The van der Waals surface area contributed by atoms with E-state index in [1.54, 1.807) is 28.8 Å². The van der Waals surface area contributed by atoms with Crippen molar-refractivity contribution in [3.63, 3.8) is 0 Å². The molecule has 37 heavy (non-hydrogen) atoms. The highest BCUT2D eigenvalue weighted by atomic mass is 32.2. The van der Waals surface area contributed by atoms with Crippen LogP contribution in [-0.4, -0.2) is 61.1 Å². The van der Waals surface area contributed by atoms with E-state index >= 15 is 0 Å². The first-order chi connectivity index (χ1) is 17.6. The minimum atomic E-state index is -3.65. The summed E-state index contributed by atoms with van der Waals surface area (Å²) < 4.78 is 49.4. The van der Waals surface area contributed by atoms with E-state index in [0.29, 0.717) is 16.9 Å². The summed E-state index contributed by atoms with van der Waals surface area (Å²) in [7, 11) is -1.14. The smallest absolute Gasteiger partial charge is 0.412 e. The van der Waals surface area contributed by atoms with Gasteiger partial charge in [-0.2, -0.15) is 0 Å². The maximum atomic E-state index is 14.0. The maximum absolute atomic E-state index is 14.0. The molecule has 1 aromatic carbocycles. The van der Waals surface area contributed by atoms with Crippen molar-refractivity contribution >= 4 is 39.0 Å². The van der Waals surface area contributed by atoms with Gasteiger partial charge < -0.3 is 9.47 Å². The van der Waals surface area contributed by atoms with E-state index in [1.165, 1.54) is 44.8 Å². The second-order valence-corrected chi connectivity index (χ2v) is 10.1. The molecule has 4 rings (SSSR count). The molecule has 0 fully saturated rings. The van der Waals surface area contributed by atoms with Crippen LogP contribution in [0.1, 0.15) is 10.4 Å². The van der Waals surface area contributed by atoms with Gasteiger partial charge in [-0.15, -0.1) is 0 Å². The third-order valence-electron chi connectivity index (χ3n) is 5.28. The van der Waals surface area contributed by atoms with Crippen LogP contribution in [0, 0.1) is 5.82 Å². The number of aromatic nitrogens is 3. The van der Waals surface area contributed by atoms with Gasteiger partial charge in [0.15, 0.2) is 21.4 Å². The van der Waals surface area contributed by atoms with Gasteiger partial charge in [0.2, 0.25) is 0 Å². The van der Waals surface area contributed by atoms with E-state index in [-0.39, 0.29) is 22.8 Å². The molecule has 4 aromatic rings. The zero-order valence-corrected chi connectivity index (χ0v) is 20.8. The first kappa shape index (κ1) is 25.6. The summed E-state index contributed by atoms with van der Waals surface area (Å²) in [5.41, 5.74) is 2.08. The van der Waals surface area contributed by atoms with E-state index < -0.39 is 33.5 Å². The Morgan fingerprint density at radius 1 is 1.08 bits per heavy atom. The number of amides is 2. The Balaban J connectivity index is 1.72. The van der Waals surface area contributed by atoms with Crippen molar-refractivity contribution in [1.29, 1.82) is 0 Å². The van der Waals surface area contributed by atoms with E-state index in [2.05, 4.69) is 20.0 Å². The number of imidazole rings is 1. The number of nitrogens with zero attached hydrogens (tertiary/aromatic N) is 4. The third kappa shape index (κ3) is 5.67. The predicted molar refractivity (Wildman–Crippen MR) is 134 cm³/mol. The molecule has 1 N–H and O–H groups in total. The van der Waals surface area contributed by atoms with Gasteiger partial charge in [0.1, 0.15) is 17.3 Å². The summed E-state index contributed by atoms with van der Waals surface area (Å²) in [5, 5.41) is 2.46. The third-order valence-corrected chi connectivity index (χ3v) is 6.01. The zero-order valence-electron chi connectivity index (χ0n) is 20.0. The Kier molecular flexibility index (Phi) is 7.07. The van der Waals surface area contributed by atoms with E-state index in [4.69, 9.17) is 4.74 Å². The number of nitrogens with one attached hydrogen (secondary N) is 1. The maximum Gasteiger partial charge on any atom is 0.412 e. The minimum absolute atomic E-state index is 0.131. The van der Waals surface area contributed by atoms with Crippen LogP contribution in [0.5, 0.6) is 5.75 Å². The molecule has 0 aliphatic carbocycles. The summed E-state index contributed by atoms with van der Waals surface area (Å²) in [5.74, 6) is -1.76. The van der Waals surface area contributed by atoms with Crippen molar-refractivity contribution in [2.45, 2.75) is 0 Å². The van der Waals surface area contributed by atoms with Crippen molar-refractivity contribution in [1.82, 2.24) is 14.4 Å². The molecule has 0 radical (unpaired) electrons. The summed E-state index contributed by atoms with van der Waals surface area (Å²) in [4.78, 5) is 34.5. The molecule has 0 saturated heterocycles. The summed E-state index contributed by atoms with van der Waals surface area (Å²) in [6, 6.07) is 10.1. The quantitative estimate of drug-likeness (QED) is 0.387. The van der Waals surface area contributed by atoms with Crippen molar-refractivity contribution in [2.75, 3.05) is 36.6 Å². The summed E-state index contributed by atoms with van der Waals surface area (Å²) >= 11 is 0. The van der Waals surface area contributed by atoms with Crippen LogP contribution in [0.3, 0.4) is 0 Å². The SMILES string of the molecule is COC(=O)Nc1ccc(-c2cnc3ccc(C(=O)N(CS(C)(=O)=O)c4ccc(F)c(OC)c4)cn23)cn1. The summed E-state index contributed by atoms with van der Waals surface area (Å²) in [6.07, 6.45) is 4.97. The molecular weight excluding hydrogens is 505 g/mol. The molecule has 0 aliphatic rings. The number of carbonyl (C=O) groups is 2. The number of hydrogen-bond donors (Lipinski definition) is 1. The van der Waals surface area contributed by atoms with Crippen molar-refractivity contribution in [2.24, 2.45) is 0 Å². The van der Waals surface area contributed by atoms with Crippen molar-refractivity contribution < 1.29 is 31.9 Å². The normalized spacial score (nSPS) is 11.2. The molecule has 0 spiro atoms. The Morgan fingerprint density at radius 2 is 1.86 bits per heavy atom. The zero-order chi connectivity index (χ0) is 26.7. The topological polar surface area (TPSA) is 132 Å². The standard InChI is InChI=1S/C24H22FN5O6S/c1-35-20-10-17(6-7-18(20)25)30(14-37(3,33)34)23(31)16-5-9-22-27-12-19(29(22)13-16)15-4-8-21(26-11-15)28-24(32)36-2/h4-13H,14H2,1-3H3,(H,26,28,32). The molecule has 0 atom stereocenters. The van der Waals surface area contributed by atoms with Crippen LogP contribution < -0.4 is 15.0 Å². The Labute approximate surface area is 211 Å². The Hall–Kier alpha value is -4.52. The lowest BCUT2D eigenvalue weighted by Gasteiger charge is -2.22. The second kappa shape index (κ2) is 10.2. The van der Waals surface area contributed by atoms with E-state index in [1.807, 2.05) is 0 Å². The van der Waals surface area contributed by atoms with Gasteiger partial charge in [-0.05, 0) is 36.4 Å². The second-order valence-electron chi connectivity index (χ2n) is 7.94. The molecular formula is C24H22FN5O6S. The molecule has 11 nitrogen and oxygen atoms in total. The number of anilines is 2. The van der Waals surface area contributed by atoms with Gasteiger partial charge in [0.25, 0.3) is 5.91 Å². The number of pyridine rings is 2. The van der Waals surface area contributed by atoms with Crippen LogP contribution in [0.4, 0.5) is 20.7 Å². The number of fused-ring (bicyclic) bond motifs is 1. The molecule has 3 aromatic heterocycles. The number of halogens is 1. The average Bonchev–Trinajstić information content (AvgIpc) is 3.30. The van der Waals surface area contributed by atoms with Gasteiger partial charge in [-0.1, -0.05) is 0 Å². The molecule has 2 amide bonds. The molecule has 0 saturated carbocycles. The monoisotopic (exact) mass is 527 g/mol. The van der Waals surface area contributed by atoms with Gasteiger partial charge in [0.05, 0.1) is 31.7 Å². The summed E-state index contributed by atoms with van der Waals surface area (Å²) in [6.45, 7) is 0. The average molecular weight is 528 g/mol. The van der Waals surface area contributed by atoms with E-state index in [9.17, 15) is 22.4 Å². The fourth-order valence-corrected chi connectivity index (χ4v) is 4.29. The van der Waals surface area contributed by atoms with Crippen LogP contribution in [0.2, 0.25) is 0 Å². The van der Waals surface area contributed by atoms with E-state index in [0.717, 1.165) is 17.2 Å². The van der Waals surface area contributed by atoms with Crippen LogP contribution in [0.25, 0.3) is 16.9 Å². The van der Waals surface area contributed by atoms with Gasteiger partial charge in [0, 0.05) is 36.0 Å².